The summed E-state index contributed by atoms with van der Waals surface area (Å²) >= 11 is 0. The molecule has 1 atom stereocenters. The van der Waals surface area contributed by atoms with Gasteiger partial charge in [0.1, 0.15) is 12.7 Å². The van der Waals surface area contributed by atoms with Crippen molar-refractivity contribution in [3.8, 4) is 0 Å². The zero-order chi connectivity index (χ0) is 15.8. The molecule has 23 heavy (non-hydrogen) atoms. The highest BCUT2D eigenvalue weighted by Crippen LogP contribution is 2.37. The van der Waals surface area contributed by atoms with Crippen molar-refractivity contribution in [2.45, 2.75) is 6.10 Å². The van der Waals surface area contributed by atoms with Crippen LogP contribution in [0.25, 0.3) is 11.6 Å². The Morgan fingerprint density at radius 3 is 2.57 bits per heavy atom. The van der Waals surface area contributed by atoms with Crippen molar-refractivity contribution in [3.63, 3.8) is 0 Å². The van der Waals surface area contributed by atoms with Crippen LogP contribution in [0.4, 0.5) is 0 Å². The first-order valence-corrected chi connectivity index (χ1v) is 7.52. The van der Waals surface area contributed by atoms with Crippen LogP contribution in [0.3, 0.4) is 0 Å². The molecule has 0 aromatic heterocycles. The summed E-state index contributed by atoms with van der Waals surface area (Å²) in [6.07, 6.45) is 3.54. The van der Waals surface area contributed by atoms with E-state index >= 15 is 0 Å². The van der Waals surface area contributed by atoms with Gasteiger partial charge in [-0.1, -0.05) is 66.7 Å². The first-order valence-electron chi connectivity index (χ1n) is 7.52. The lowest BCUT2D eigenvalue weighted by Crippen LogP contribution is -2.32. The van der Waals surface area contributed by atoms with Crippen molar-refractivity contribution >= 4 is 23.2 Å². The van der Waals surface area contributed by atoms with Crippen molar-refractivity contribution in [2.24, 2.45) is 0 Å². The molecule has 2 aliphatic rings. The number of ketones is 2. The number of rotatable bonds is 2. The SMILES string of the molecule is O=C1COC2C=Cc3ccccc3C2=C1C(=O)c1ccccc1. The van der Waals surface area contributed by atoms with E-state index < -0.39 is 0 Å². The van der Waals surface area contributed by atoms with Gasteiger partial charge in [0.25, 0.3) is 0 Å². The van der Waals surface area contributed by atoms with Gasteiger partial charge in [0.05, 0.1) is 5.57 Å². The smallest absolute Gasteiger partial charge is 0.197 e. The summed E-state index contributed by atoms with van der Waals surface area (Å²) in [5.74, 6) is -0.487. The highest BCUT2D eigenvalue weighted by Gasteiger charge is 2.35. The van der Waals surface area contributed by atoms with Crippen LogP contribution in [0.1, 0.15) is 21.5 Å². The Labute approximate surface area is 133 Å². The molecule has 4 rings (SSSR count). The van der Waals surface area contributed by atoms with Crippen LogP contribution in [0, 0.1) is 0 Å². The summed E-state index contributed by atoms with van der Waals surface area (Å²) < 4.78 is 5.62. The number of ether oxygens (including phenoxy) is 1. The monoisotopic (exact) mass is 302 g/mol. The molecule has 0 fully saturated rings. The summed E-state index contributed by atoms with van der Waals surface area (Å²) in [5, 5.41) is 0. The molecule has 0 spiro atoms. The Bertz CT molecular complexity index is 859. The molecule has 0 radical (unpaired) electrons. The maximum absolute atomic E-state index is 12.9. The van der Waals surface area contributed by atoms with Crippen molar-refractivity contribution in [3.05, 3.63) is 82.9 Å². The fourth-order valence-corrected chi connectivity index (χ4v) is 3.11. The molecule has 0 saturated carbocycles. The Hall–Kier alpha value is -2.78. The Kier molecular flexibility index (Phi) is 3.28. The number of fused-ring (bicyclic) bond motifs is 3. The zero-order valence-electron chi connectivity index (χ0n) is 12.4. The minimum Gasteiger partial charge on any atom is -0.361 e. The van der Waals surface area contributed by atoms with E-state index in [0.29, 0.717) is 11.1 Å². The van der Waals surface area contributed by atoms with Crippen LogP contribution in [0.15, 0.2) is 66.2 Å². The maximum Gasteiger partial charge on any atom is 0.197 e. The summed E-state index contributed by atoms with van der Waals surface area (Å²) in [6, 6.07) is 16.7. The van der Waals surface area contributed by atoms with Crippen molar-refractivity contribution in [2.75, 3.05) is 6.61 Å². The molecule has 1 heterocycles. The van der Waals surface area contributed by atoms with Crippen molar-refractivity contribution in [1.29, 1.82) is 0 Å². The van der Waals surface area contributed by atoms with E-state index in [1.807, 2.05) is 42.5 Å². The molecule has 1 aliphatic heterocycles. The molecule has 0 amide bonds. The number of hydrogen-bond donors (Lipinski definition) is 0. The van der Waals surface area contributed by atoms with Gasteiger partial charge in [-0.2, -0.15) is 0 Å². The molecule has 1 aliphatic carbocycles. The normalized spacial score (nSPS) is 19.3. The molecule has 2 aromatic carbocycles. The van der Waals surface area contributed by atoms with Crippen molar-refractivity contribution in [1.82, 2.24) is 0 Å². The second kappa shape index (κ2) is 5.45. The summed E-state index contributed by atoms with van der Waals surface area (Å²) in [5.41, 5.74) is 3.36. The van der Waals surface area contributed by atoms with Gasteiger partial charge in [0.2, 0.25) is 0 Å². The average Bonchev–Trinajstić information content (AvgIpc) is 2.61. The molecule has 1 unspecified atom stereocenters. The van der Waals surface area contributed by atoms with Crippen molar-refractivity contribution < 1.29 is 14.3 Å². The first-order chi connectivity index (χ1) is 11.3. The number of benzene rings is 2. The Morgan fingerprint density at radius 2 is 1.74 bits per heavy atom. The standard InChI is InChI=1S/C20H14O3/c21-16-12-23-17-11-10-13-6-4-5-9-15(13)18(17)19(16)20(22)14-7-2-1-3-8-14/h1-11,17H,12H2. The molecule has 0 N–H and O–H groups in total. The third-order valence-electron chi connectivity index (χ3n) is 4.19. The summed E-state index contributed by atoms with van der Waals surface area (Å²) in [7, 11) is 0. The average molecular weight is 302 g/mol. The third-order valence-corrected chi connectivity index (χ3v) is 4.19. The molecular weight excluding hydrogens is 288 g/mol. The molecular formula is C20H14O3. The molecule has 0 bridgehead atoms. The van der Waals surface area contributed by atoms with E-state index in [-0.39, 0.29) is 29.9 Å². The Balaban J connectivity index is 1.95. The van der Waals surface area contributed by atoms with Crippen LogP contribution < -0.4 is 0 Å². The third kappa shape index (κ3) is 2.26. The quantitative estimate of drug-likeness (QED) is 0.631. The predicted molar refractivity (Wildman–Crippen MR) is 87.9 cm³/mol. The van der Waals surface area contributed by atoms with E-state index in [9.17, 15) is 9.59 Å². The fraction of sp³-hybridized carbons (Fsp3) is 0.100. The lowest BCUT2D eigenvalue weighted by Gasteiger charge is -2.29. The second-order valence-electron chi connectivity index (χ2n) is 5.58. The number of Topliss-reactive ketones (excluding diaryl/α,β-unsaturated/α-hetero) is 2. The number of carbonyl (C=O) groups is 2. The van der Waals surface area contributed by atoms with E-state index in [1.54, 1.807) is 24.3 Å². The van der Waals surface area contributed by atoms with Crippen LogP contribution in [-0.4, -0.2) is 24.3 Å². The topological polar surface area (TPSA) is 43.4 Å². The van der Waals surface area contributed by atoms with Crippen LogP contribution in [-0.2, 0) is 9.53 Å². The van der Waals surface area contributed by atoms with Gasteiger partial charge < -0.3 is 4.74 Å². The van der Waals surface area contributed by atoms with Crippen LogP contribution in [0.5, 0.6) is 0 Å². The highest BCUT2D eigenvalue weighted by molar-refractivity contribution is 6.32. The molecule has 3 nitrogen and oxygen atoms in total. The minimum absolute atomic E-state index is 0.0609. The van der Waals surface area contributed by atoms with E-state index in [1.165, 1.54) is 0 Å². The van der Waals surface area contributed by atoms with Gasteiger partial charge in [-0.25, -0.2) is 0 Å². The van der Waals surface area contributed by atoms with Gasteiger partial charge in [-0.05, 0) is 11.1 Å². The molecule has 3 heteroatoms. The summed E-state index contributed by atoms with van der Waals surface area (Å²) in [4.78, 5) is 25.4. The maximum atomic E-state index is 12.9. The predicted octanol–water partition coefficient (Wildman–Crippen LogP) is 3.32. The summed E-state index contributed by atoms with van der Waals surface area (Å²) in [6.45, 7) is -0.0609. The van der Waals surface area contributed by atoms with Gasteiger partial charge in [0, 0.05) is 11.1 Å². The molecule has 2 aromatic rings. The second-order valence-corrected chi connectivity index (χ2v) is 5.58. The van der Waals surface area contributed by atoms with Crippen LogP contribution in [0.2, 0.25) is 0 Å². The van der Waals surface area contributed by atoms with Crippen LogP contribution >= 0.6 is 0 Å². The first kappa shape index (κ1) is 13.9. The number of carbonyl (C=O) groups excluding carboxylic acids is 2. The van der Waals surface area contributed by atoms with Gasteiger partial charge in [-0.3, -0.25) is 9.59 Å². The van der Waals surface area contributed by atoms with Gasteiger partial charge in [0.15, 0.2) is 11.6 Å². The molecule has 0 saturated heterocycles. The Morgan fingerprint density at radius 1 is 1.00 bits per heavy atom. The molecule has 112 valence electrons. The van der Waals surface area contributed by atoms with Gasteiger partial charge >= 0.3 is 0 Å². The number of hydrogen-bond acceptors (Lipinski definition) is 3. The lowest BCUT2D eigenvalue weighted by atomic mass is 9.82. The van der Waals surface area contributed by atoms with E-state index in [0.717, 1.165) is 11.1 Å². The highest BCUT2D eigenvalue weighted by atomic mass is 16.5. The largest absolute Gasteiger partial charge is 0.361 e. The van der Waals surface area contributed by atoms with E-state index in [2.05, 4.69) is 0 Å². The van der Waals surface area contributed by atoms with Gasteiger partial charge in [-0.15, -0.1) is 0 Å². The zero-order valence-corrected chi connectivity index (χ0v) is 12.4. The lowest BCUT2D eigenvalue weighted by molar-refractivity contribution is -0.120. The van der Waals surface area contributed by atoms with E-state index in [4.69, 9.17) is 4.74 Å². The fourth-order valence-electron chi connectivity index (χ4n) is 3.11. The minimum atomic E-state index is -0.342.